The maximum Gasteiger partial charge on any atom is 0.120 e. The predicted molar refractivity (Wildman–Crippen MR) is 146 cm³/mol. The largest absolute Gasteiger partial charge is 0.508 e. The molecule has 6 rings (SSSR count). The third-order valence-corrected chi connectivity index (χ3v) is 9.92. The number of aromatic hydroxyl groups is 3. The Morgan fingerprint density at radius 1 is 0.784 bits per heavy atom. The van der Waals surface area contributed by atoms with Gasteiger partial charge in [0.1, 0.15) is 17.2 Å². The fourth-order valence-corrected chi connectivity index (χ4v) is 8.03. The van der Waals surface area contributed by atoms with Crippen LogP contribution in [0.4, 0.5) is 0 Å². The Balaban J connectivity index is 1.31. The summed E-state index contributed by atoms with van der Waals surface area (Å²) in [7, 11) is 0. The molecule has 5 nitrogen and oxygen atoms in total. The van der Waals surface area contributed by atoms with Gasteiger partial charge in [0.05, 0.1) is 0 Å². The van der Waals surface area contributed by atoms with Gasteiger partial charge in [-0.15, -0.1) is 0 Å². The molecule has 0 aromatic heterocycles. The molecule has 2 saturated carbocycles. The summed E-state index contributed by atoms with van der Waals surface area (Å²) in [5.74, 6) is 2.73. The Hall–Kier alpha value is -3.02. The van der Waals surface area contributed by atoms with Crippen LogP contribution in [0.3, 0.4) is 0 Å². The average Bonchev–Trinajstić information content (AvgIpc) is 3.24. The van der Waals surface area contributed by atoms with Gasteiger partial charge in [0.15, 0.2) is 0 Å². The molecule has 0 spiro atoms. The molecule has 0 saturated heterocycles. The van der Waals surface area contributed by atoms with Gasteiger partial charge in [-0.25, -0.2) is 0 Å². The molecule has 37 heavy (non-hydrogen) atoms. The van der Waals surface area contributed by atoms with E-state index in [9.17, 15) is 15.3 Å². The van der Waals surface area contributed by atoms with E-state index in [1.165, 1.54) is 24.0 Å². The second-order valence-corrected chi connectivity index (χ2v) is 11.6. The fraction of sp³-hybridized carbons (Fsp3) is 0.438. The summed E-state index contributed by atoms with van der Waals surface area (Å²) >= 11 is 0. The summed E-state index contributed by atoms with van der Waals surface area (Å²) in [5, 5.41) is 38.6. The number of phenolic OH excluding ortho intramolecular Hbond substituents is 3. The van der Waals surface area contributed by atoms with Gasteiger partial charge < -0.3 is 26.0 Å². The topological polar surface area (TPSA) is 84.8 Å². The molecule has 0 heterocycles. The summed E-state index contributed by atoms with van der Waals surface area (Å²) in [5.41, 5.74) is 4.63. The standard InChI is InChI=1S/C32H38N2O3/c1-32-27(14-15-30(32)33-18-21-6-2-4-8-28(21)36)25-12-10-20-16-23(35)11-13-24(20)26(25)17-31(32)34-19-22-7-3-5-9-29(22)37/h2-9,11,13,16,25-27,30-31,33-37H,10,12,14-15,17-19H2,1H3/t25-,26-,27+,30-,31+,32+/m1/s1. The Morgan fingerprint density at radius 2 is 1.43 bits per heavy atom. The molecule has 0 radical (unpaired) electrons. The second-order valence-electron chi connectivity index (χ2n) is 11.6. The molecule has 3 aliphatic rings. The minimum atomic E-state index is 0.0460. The van der Waals surface area contributed by atoms with Gasteiger partial charge in [-0.1, -0.05) is 49.4 Å². The van der Waals surface area contributed by atoms with E-state index < -0.39 is 0 Å². The van der Waals surface area contributed by atoms with E-state index in [0.717, 1.165) is 30.4 Å². The molecule has 5 N–H and O–H groups in total. The van der Waals surface area contributed by atoms with Gasteiger partial charge >= 0.3 is 0 Å². The van der Waals surface area contributed by atoms with Crippen LogP contribution < -0.4 is 10.6 Å². The van der Waals surface area contributed by atoms with E-state index in [-0.39, 0.29) is 11.5 Å². The molecule has 2 fully saturated rings. The molecule has 0 bridgehead atoms. The Bertz CT molecular complexity index is 1280. The SMILES string of the molecule is C[C@]12[C@@H](NCc3ccccc3O)C[C@@H]3c4ccc(O)cc4CC[C@H]3[C@@H]1CC[C@H]2NCc1ccccc1O. The fourth-order valence-electron chi connectivity index (χ4n) is 8.03. The Kier molecular flexibility index (Phi) is 6.37. The lowest BCUT2D eigenvalue weighted by Crippen LogP contribution is -2.60. The minimum Gasteiger partial charge on any atom is -0.508 e. The highest BCUT2D eigenvalue weighted by Crippen LogP contribution is 2.61. The van der Waals surface area contributed by atoms with E-state index in [1.807, 2.05) is 48.5 Å². The molecule has 194 valence electrons. The molecule has 3 aromatic rings. The van der Waals surface area contributed by atoms with Crippen LogP contribution in [-0.2, 0) is 19.5 Å². The molecule has 0 amide bonds. The van der Waals surface area contributed by atoms with Crippen LogP contribution in [-0.4, -0.2) is 27.4 Å². The molecule has 0 aliphatic heterocycles. The normalized spacial score (nSPS) is 30.4. The van der Waals surface area contributed by atoms with Crippen LogP contribution in [0.2, 0.25) is 0 Å². The first-order valence-electron chi connectivity index (χ1n) is 13.8. The van der Waals surface area contributed by atoms with Crippen LogP contribution in [0.5, 0.6) is 17.2 Å². The number of para-hydroxylation sites is 2. The van der Waals surface area contributed by atoms with Crippen molar-refractivity contribution in [3.8, 4) is 17.2 Å². The van der Waals surface area contributed by atoms with Gasteiger partial charge in [0.2, 0.25) is 0 Å². The monoisotopic (exact) mass is 498 g/mol. The van der Waals surface area contributed by atoms with Gasteiger partial charge in [0.25, 0.3) is 0 Å². The number of nitrogens with one attached hydrogen (secondary N) is 2. The zero-order valence-corrected chi connectivity index (χ0v) is 21.5. The van der Waals surface area contributed by atoms with Crippen LogP contribution in [0, 0.1) is 17.3 Å². The van der Waals surface area contributed by atoms with E-state index in [0.29, 0.717) is 54.1 Å². The van der Waals surface area contributed by atoms with Gasteiger partial charge in [0, 0.05) is 41.7 Å². The summed E-state index contributed by atoms with van der Waals surface area (Å²) in [6, 6.07) is 21.8. The summed E-state index contributed by atoms with van der Waals surface area (Å²) in [6.07, 6.45) is 5.55. The summed E-state index contributed by atoms with van der Waals surface area (Å²) in [6.45, 7) is 3.76. The average molecular weight is 499 g/mol. The first kappa shape index (κ1) is 24.3. The number of aryl methyl sites for hydroxylation is 1. The maximum absolute atomic E-state index is 10.4. The van der Waals surface area contributed by atoms with Crippen molar-refractivity contribution in [2.75, 3.05) is 0 Å². The lowest BCUT2D eigenvalue weighted by Gasteiger charge is -2.55. The molecular formula is C32H38N2O3. The Labute approximate surface area is 219 Å². The van der Waals surface area contributed by atoms with E-state index >= 15 is 0 Å². The van der Waals surface area contributed by atoms with Crippen molar-refractivity contribution in [3.63, 3.8) is 0 Å². The van der Waals surface area contributed by atoms with E-state index in [1.54, 1.807) is 12.1 Å². The molecule has 5 heteroatoms. The molecule has 6 atom stereocenters. The minimum absolute atomic E-state index is 0.0460. The first-order chi connectivity index (χ1) is 17.9. The zero-order valence-electron chi connectivity index (χ0n) is 21.5. The summed E-state index contributed by atoms with van der Waals surface area (Å²) < 4.78 is 0. The van der Waals surface area contributed by atoms with E-state index in [2.05, 4.69) is 23.6 Å². The molecule has 3 aromatic carbocycles. The van der Waals surface area contributed by atoms with Crippen molar-refractivity contribution in [1.29, 1.82) is 0 Å². The quantitative estimate of drug-likeness (QED) is 0.306. The van der Waals surface area contributed by atoms with Crippen molar-refractivity contribution in [2.24, 2.45) is 17.3 Å². The molecule has 3 aliphatic carbocycles. The highest BCUT2D eigenvalue weighted by Gasteiger charge is 2.59. The van der Waals surface area contributed by atoms with Crippen LogP contribution in [0.25, 0.3) is 0 Å². The molecular weight excluding hydrogens is 460 g/mol. The zero-order chi connectivity index (χ0) is 25.6. The van der Waals surface area contributed by atoms with Crippen LogP contribution in [0.1, 0.15) is 60.8 Å². The third kappa shape index (κ3) is 4.28. The lowest BCUT2D eigenvalue weighted by molar-refractivity contribution is 0.00434. The van der Waals surface area contributed by atoms with Gasteiger partial charge in [-0.05, 0) is 85.3 Å². The number of hydrogen-bond acceptors (Lipinski definition) is 5. The first-order valence-corrected chi connectivity index (χ1v) is 13.8. The highest BCUT2D eigenvalue weighted by atomic mass is 16.3. The van der Waals surface area contributed by atoms with Crippen molar-refractivity contribution in [1.82, 2.24) is 10.6 Å². The van der Waals surface area contributed by atoms with Crippen molar-refractivity contribution >= 4 is 0 Å². The van der Waals surface area contributed by atoms with Crippen molar-refractivity contribution in [3.05, 3.63) is 89.0 Å². The highest BCUT2D eigenvalue weighted by molar-refractivity contribution is 5.41. The van der Waals surface area contributed by atoms with E-state index in [4.69, 9.17) is 0 Å². The smallest absolute Gasteiger partial charge is 0.120 e. The van der Waals surface area contributed by atoms with Crippen LogP contribution in [0.15, 0.2) is 66.7 Å². The van der Waals surface area contributed by atoms with Crippen molar-refractivity contribution < 1.29 is 15.3 Å². The maximum atomic E-state index is 10.4. The van der Waals surface area contributed by atoms with Crippen molar-refractivity contribution in [2.45, 2.75) is 70.1 Å². The van der Waals surface area contributed by atoms with Gasteiger partial charge in [-0.3, -0.25) is 0 Å². The number of fused-ring (bicyclic) bond motifs is 5. The Morgan fingerprint density at radius 3 is 2.11 bits per heavy atom. The number of rotatable bonds is 6. The second kappa shape index (κ2) is 9.70. The third-order valence-electron chi connectivity index (χ3n) is 9.92. The van der Waals surface area contributed by atoms with Gasteiger partial charge in [-0.2, -0.15) is 0 Å². The molecule has 0 unspecified atom stereocenters. The van der Waals surface area contributed by atoms with Crippen LogP contribution >= 0.6 is 0 Å². The number of phenols is 3. The lowest BCUT2D eigenvalue weighted by atomic mass is 9.53. The number of hydrogen-bond donors (Lipinski definition) is 5. The number of benzene rings is 3. The predicted octanol–water partition coefficient (Wildman–Crippen LogP) is 5.59. The summed E-state index contributed by atoms with van der Waals surface area (Å²) in [4.78, 5) is 0.